The van der Waals surface area contributed by atoms with Crippen LogP contribution in [0.15, 0.2) is 42.5 Å². The van der Waals surface area contributed by atoms with E-state index in [2.05, 4.69) is 15.9 Å². The van der Waals surface area contributed by atoms with E-state index in [1.807, 2.05) is 25.1 Å². The molecular formula is C14H11BrClF. The van der Waals surface area contributed by atoms with E-state index in [4.69, 9.17) is 11.6 Å². The average Bonchev–Trinajstić information content (AvgIpc) is 2.32. The summed E-state index contributed by atoms with van der Waals surface area (Å²) < 4.78 is 13.7. The Bertz CT molecular complexity index is 522. The number of hydrogen-bond acceptors (Lipinski definition) is 0. The second-order valence-electron chi connectivity index (χ2n) is 3.94. The molecule has 3 heteroatoms. The second kappa shape index (κ2) is 5.19. The van der Waals surface area contributed by atoms with Gasteiger partial charge in [0.05, 0.1) is 4.83 Å². The minimum absolute atomic E-state index is 0.153. The quantitative estimate of drug-likeness (QED) is 0.662. The van der Waals surface area contributed by atoms with Crippen LogP contribution in [0.2, 0.25) is 5.02 Å². The van der Waals surface area contributed by atoms with Gasteiger partial charge in [0.1, 0.15) is 5.82 Å². The number of hydrogen-bond donors (Lipinski definition) is 0. The summed E-state index contributed by atoms with van der Waals surface area (Å²) in [4.78, 5) is -0.153. The summed E-state index contributed by atoms with van der Waals surface area (Å²) in [6, 6.07) is 12.5. The predicted octanol–water partition coefficient (Wildman–Crippen LogP) is 5.27. The topological polar surface area (TPSA) is 0 Å². The van der Waals surface area contributed by atoms with Gasteiger partial charge in [-0.3, -0.25) is 0 Å². The Hall–Kier alpha value is -0.860. The zero-order valence-electron chi connectivity index (χ0n) is 9.25. The molecule has 0 aromatic heterocycles. The Morgan fingerprint density at radius 3 is 2.41 bits per heavy atom. The van der Waals surface area contributed by atoms with Crippen LogP contribution in [0.3, 0.4) is 0 Å². The molecule has 0 saturated heterocycles. The summed E-state index contributed by atoms with van der Waals surface area (Å²) >= 11 is 9.35. The number of halogens is 3. The highest BCUT2D eigenvalue weighted by atomic mass is 79.9. The van der Waals surface area contributed by atoms with Crippen molar-refractivity contribution in [2.24, 2.45) is 0 Å². The molecule has 2 aromatic carbocycles. The Kier molecular flexibility index (Phi) is 3.85. The first kappa shape index (κ1) is 12.6. The van der Waals surface area contributed by atoms with E-state index >= 15 is 0 Å². The summed E-state index contributed by atoms with van der Waals surface area (Å²) in [5, 5.41) is 0.679. The summed E-state index contributed by atoms with van der Waals surface area (Å²) in [5.74, 6) is -0.201. The third-order valence-corrected chi connectivity index (χ3v) is 3.86. The molecule has 17 heavy (non-hydrogen) atoms. The summed E-state index contributed by atoms with van der Waals surface area (Å²) in [5.41, 5.74) is 2.67. The minimum atomic E-state index is -0.201. The molecule has 88 valence electrons. The highest BCUT2D eigenvalue weighted by Crippen LogP contribution is 2.33. The van der Waals surface area contributed by atoms with E-state index in [0.717, 1.165) is 11.1 Å². The van der Waals surface area contributed by atoms with Gasteiger partial charge in [-0.25, -0.2) is 4.39 Å². The number of benzene rings is 2. The van der Waals surface area contributed by atoms with Crippen molar-refractivity contribution in [2.75, 3.05) is 0 Å². The third kappa shape index (κ3) is 2.88. The van der Waals surface area contributed by atoms with E-state index in [1.54, 1.807) is 18.2 Å². The van der Waals surface area contributed by atoms with Gasteiger partial charge < -0.3 is 0 Å². The zero-order chi connectivity index (χ0) is 12.4. The van der Waals surface area contributed by atoms with Crippen LogP contribution in [0.4, 0.5) is 4.39 Å². The molecule has 0 aliphatic rings. The molecule has 0 nitrogen and oxygen atoms in total. The minimum Gasteiger partial charge on any atom is -0.207 e. The molecule has 0 heterocycles. The number of aryl methyl sites for hydroxylation is 1. The monoisotopic (exact) mass is 312 g/mol. The zero-order valence-corrected chi connectivity index (χ0v) is 11.6. The molecule has 0 fully saturated rings. The molecule has 0 radical (unpaired) electrons. The molecule has 0 N–H and O–H groups in total. The SMILES string of the molecule is Cc1ccc(F)c(C(Br)c2ccc(Cl)cc2)c1. The van der Waals surface area contributed by atoms with E-state index in [9.17, 15) is 4.39 Å². The van der Waals surface area contributed by atoms with Crippen LogP contribution >= 0.6 is 27.5 Å². The van der Waals surface area contributed by atoms with Crippen LogP contribution < -0.4 is 0 Å². The number of alkyl halides is 1. The maximum Gasteiger partial charge on any atom is 0.127 e. The van der Waals surface area contributed by atoms with Crippen LogP contribution in [0, 0.1) is 12.7 Å². The van der Waals surface area contributed by atoms with Gasteiger partial charge in [0.25, 0.3) is 0 Å². The van der Waals surface area contributed by atoms with Crippen molar-refractivity contribution in [3.05, 3.63) is 70.0 Å². The molecule has 2 rings (SSSR count). The van der Waals surface area contributed by atoms with Crippen LogP contribution in [0.25, 0.3) is 0 Å². The molecule has 1 unspecified atom stereocenters. The van der Waals surface area contributed by atoms with E-state index in [1.165, 1.54) is 6.07 Å². The van der Waals surface area contributed by atoms with E-state index < -0.39 is 0 Å². The Balaban J connectivity index is 2.39. The lowest BCUT2D eigenvalue weighted by molar-refractivity contribution is 0.613. The third-order valence-electron chi connectivity index (χ3n) is 2.59. The van der Waals surface area contributed by atoms with Gasteiger partial charge in [-0.15, -0.1) is 0 Å². The van der Waals surface area contributed by atoms with Crippen LogP contribution in [0.1, 0.15) is 21.5 Å². The van der Waals surface area contributed by atoms with Gasteiger partial charge in [-0.1, -0.05) is 57.4 Å². The van der Waals surface area contributed by atoms with Gasteiger partial charge in [0, 0.05) is 10.6 Å². The standard InChI is InChI=1S/C14H11BrClF/c1-9-2-7-13(17)12(8-9)14(15)10-3-5-11(16)6-4-10/h2-8,14H,1H3. The van der Waals surface area contributed by atoms with Crippen LogP contribution in [0.5, 0.6) is 0 Å². The normalized spacial score (nSPS) is 12.5. The molecule has 2 aromatic rings. The molecule has 0 aliphatic heterocycles. The molecule has 0 saturated carbocycles. The van der Waals surface area contributed by atoms with Gasteiger partial charge >= 0.3 is 0 Å². The van der Waals surface area contributed by atoms with E-state index in [-0.39, 0.29) is 10.6 Å². The second-order valence-corrected chi connectivity index (χ2v) is 5.29. The highest BCUT2D eigenvalue weighted by Gasteiger charge is 2.14. The van der Waals surface area contributed by atoms with Crippen molar-refractivity contribution in [3.8, 4) is 0 Å². The lowest BCUT2D eigenvalue weighted by Gasteiger charge is -2.12. The highest BCUT2D eigenvalue weighted by molar-refractivity contribution is 9.09. The fourth-order valence-electron chi connectivity index (χ4n) is 1.67. The van der Waals surface area contributed by atoms with Crippen molar-refractivity contribution in [2.45, 2.75) is 11.8 Å². The Morgan fingerprint density at radius 2 is 1.76 bits per heavy atom. The lowest BCUT2D eigenvalue weighted by Crippen LogP contribution is -1.97. The summed E-state index contributed by atoms with van der Waals surface area (Å²) in [7, 11) is 0. The smallest absolute Gasteiger partial charge is 0.127 e. The fraction of sp³-hybridized carbons (Fsp3) is 0.143. The summed E-state index contributed by atoms with van der Waals surface area (Å²) in [6.07, 6.45) is 0. The van der Waals surface area contributed by atoms with Gasteiger partial charge in [-0.05, 0) is 30.7 Å². The molecule has 0 bridgehead atoms. The first-order valence-electron chi connectivity index (χ1n) is 5.23. The summed E-state index contributed by atoms with van der Waals surface area (Å²) in [6.45, 7) is 1.95. The van der Waals surface area contributed by atoms with Gasteiger partial charge in [0.15, 0.2) is 0 Å². The van der Waals surface area contributed by atoms with Crippen molar-refractivity contribution >= 4 is 27.5 Å². The van der Waals surface area contributed by atoms with Crippen molar-refractivity contribution in [1.29, 1.82) is 0 Å². The first-order chi connectivity index (χ1) is 8.08. The average molecular weight is 314 g/mol. The van der Waals surface area contributed by atoms with Crippen molar-refractivity contribution in [3.63, 3.8) is 0 Å². The molecule has 0 amide bonds. The first-order valence-corrected chi connectivity index (χ1v) is 6.53. The maximum atomic E-state index is 13.7. The molecule has 0 aliphatic carbocycles. The largest absolute Gasteiger partial charge is 0.207 e. The Labute approximate surface area is 114 Å². The predicted molar refractivity (Wildman–Crippen MR) is 73.4 cm³/mol. The Morgan fingerprint density at radius 1 is 1.12 bits per heavy atom. The maximum absolute atomic E-state index is 13.7. The molecule has 0 spiro atoms. The van der Waals surface area contributed by atoms with Gasteiger partial charge in [-0.2, -0.15) is 0 Å². The van der Waals surface area contributed by atoms with Crippen molar-refractivity contribution < 1.29 is 4.39 Å². The lowest BCUT2D eigenvalue weighted by atomic mass is 10.0. The number of rotatable bonds is 2. The van der Waals surface area contributed by atoms with Crippen molar-refractivity contribution in [1.82, 2.24) is 0 Å². The fourth-order valence-corrected chi connectivity index (χ4v) is 2.45. The van der Waals surface area contributed by atoms with E-state index in [0.29, 0.717) is 10.6 Å². The van der Waals surface area contributed by atoms with Gasteiger partial charge in [0.2, 0.25) is 0 Å². The van der Waals surface area contributed by atoms with Crippen LogP contribution in [-0.2, 0) is 0 Å². The molecule has 1 atom stereocenters. The van der Waals surface area contributed by atoms with Crippen LogP contribution in [-0.4, -0.2) is 0 Å². The molecular weight excluding hydrogens is 303 g/mol.